The van der Waals surface area contributed by atoms with Gasteiger partial charge in [-0.15, -0.1) is 0 Å². The van der Waals surface area contributed by atoms with Crippen molar-refractivity contribution in [1.82, 2.24) is 4.72 Å². The third-order valence-corrected chi connectivity index (χ3v) is 7.90. The van der Waals surface area contributed by atoms with Gasteiger partial charge >= 0.3 is 0 Å². The minimum absolute atomic E-state index is 0.0282. The molecule has 1 aromatic carbocycles. The average Bonchev–Trinajstić information content (AvgIpc) is 3.42. The predicted octanol–water partition coefficient (Wildman–Crippen LogP) is 3.58. The SMILES string of the molecule is CC1CCC(NS(=O)(=O)c2ccc3c(c2)C(C)(C)CN3C(=O)C2CC2)CC1. The second kappa shape index (κ2) is 6.59. The van der Waals surface area contributed by atoms with Gasteiger partial charge in [-0.1, -0.05) is 20.8 Å². The molecule has 2 fully saturated rings. The second-order valence-corrected chi connectivity index (χ2v) is 11.1. The van der Waals surface area contributed by atoms with E-state index in [0.29, 0.717) is 17.4 Å². The van der Waals surface area contributed by atoms with Crippen LogP contribution in [0, 0.1) is 11.8 Å². The summed E-state index contributed by atoms with van der Waals surface area (Å²) < 4.78 is 28.8. The molecule has 0 bridgehead atoms. The molecule has 1 heterocycles. The lowest BCUT2D eigenvalue weighted by Gasteiger charge is -2.27. The fourth-order valence-corrected chi connectivity index (χ4v) is 5.77. The zero-order chi connectivity index (χ0) is 19.4. The van der Waals surface area contributed by atoms with Crippen molar-refractivity contribution in [2.45, 2.75) is 75.6 Å². The van der Waals surface area contributed by atoms with E-state index in [2.05, 4.69) is 25.5 Å². The molecule has 148 valence electrons. The topological polar surface area (TPSA) is 66.5 Å². The Bertz CT molecular complexity index is 850. The van der Waals surface area contributed by atoms with E-state index in [1.165, 1.54) is 0 Å². The molecule has 2 saturated carbocycles. The molecule has 6 heteroatoms. The molecule has 2 aliphatic carbocycles. The molecule has 1 N–H and O–H groups in total. The number of amides is 1. The zero-order valence-electron chi connectivity index (χ0n) is 16.5. The van der Waals surface area contributed by atoms with E-state index >= 15 is 0 Å². The van der Waals surface area contributed by atoms with Crippen LogP contribution in [0.3, 0.4) is 0 Å². The number of anilines is 1. The van der Waals surface area contributed by atoms with Crippen molar-refractivity contribution in [2.75, 3.05) is 11.4 Å². The molecule has 0 saturated heterocycles. The van der Waals surface area contributed by atoms with E-state index in [0.717, 1.165) is 49.8 Å². The fraction of sp³-hybridized carbons (Fsp3) is 0.667. The summed E-state index contributed by atoms with van der Waals surface area (Å²) in [5.41, 5.74) is 1.59. The highest BCUT2D eigenvalue weighted by molar-refractivity contribution is 7.89. The highest BCUT2D eigenvalue weighted by Gasteiger charge is 2.43. The van der Waals surface area contributed by atoms with Gasteiger partial charge in [-0.3, -0.25) is 4.79 Å². The van der Waals surface area contributed by atoms with E-state index in [1.807, 2.05) is 11.0 Å². The standard InChI is InChI=1S/C21H30N2O3S/c1-14-4-8-16(9-5-14)22-27(25,26)17-10-11-19-18(12-17)21(2,3)13-23(19)20(24)15-6-7-15/h10-12,14-16,22H,4-9,13H2,1-3H3. The first-order valence-corrected chi connectivity index (χ1v) is 11.6. The number of nitrogens with one attached hydrogen (secondary N) is 1. The third kappa shape index (κ3) is 3.66. The fourth-order valence-electron chi connectivity index (χ4n) is 4.44. The van der Waals surface area contributed by atoms with Gasteiger partial charge in [0.05, 0.1) is 4.90 Å². The van der Waals surface area contributed by atoms with Gasteiger partial charge in [0.25, 0.3) is 0 Å². The zero-order valence-corrected chi connectivity index (χ0v) is 17.3. The normalized spacial score (nSPS) is 27.4. The summed E-state index contributed by atoms with van der Waals surface area (Å²) in [6.07, 6.45) is 5.90. The highest BCUT2D eigenvalue weighted by atomic mass is 32.2. The van der Waals surface area contributed by atoms with Crippen molar-refractivity contribution in [2.24, 2.45) is 11.8 Å². The Morgan fingerprint density at radius 2 is 1.78 bits per heavy atom. The van der Waals surface area contributed by atoms with E-state index in [1.54, 1.807) is 12.1 Å². The number of rotatable bonds is 4. The highest BCUT2D eigenvalue weighted by Crippen LogP contribution is 2.44. The molecule has 0 atom stereocenters. The van der Waals surface area contributed by atoms with Crippen LogP contribution in [-0.2, 0) is 20.2 Å². The monoisotopic (exact) mass is 390 g/mol. The Kier molecular flexibility index (Phi) is 4.62. The van der Waals surface area contributed by atoms with Crippen LogP contribution in [-0.4, -0.2) is 26.9 Å². The number of nitrogens with zero attached hydrogens (tertiary/aromatic N) is 1. The van der Waals surface area contributed by atoms with Crippen molar-refractivity contribution < 1.29 is 13.2 Å². The quantitative estimate of drug-likeness (QED) is 0.854. The van der Waals surface area contributed by atoms with Gasteiger partial charge in [0.15, 0.2) is 0 Å². The first-order chi connectivity index (χ1) is 12.7. The summed E-state index contributed by atoms with van der Waals surface area (Å²) in [4.78, 5) is 14.8. The molecule has 27 heavy (non-hydrogen) atoms. The maximum atomic E-state index is 12.9. The first-order valence-electron chi connectivity index (χ1n) is 10.2. The number of hydrogen-bond donors (Lipinski definition) is 1. The largest absolute Gasteiger partial charge is 0.311 e. The van der Waals surface area contributed by atoms with Crippen molar-refractivity contribution in [3.05, 3.63) is 23.8 Å². The van der Waals surface area contributed by atoms with E-state index < -0.39 is 10.0 Å². The molecule has 1 amide bonds. The Morgan fingerprint density at radius 1 is 1.11 bits per heavy atom. The molecule has 0 aromatic heterocycles. The molecule has 0 radical (unpaired) electrons. The van der Waals surface area contributed by atoms with Crippen LogP contribution in [0.2, 0.25) is 0 Å². The van der Waals surface area contributed by atoms with Gasteiger partial charge in [-0.25, -0.2) is 13.1 Å². The lowest BCUT2D eigenvalue weighted by atomic mass is 9.87. The number of carbonyl (C=O) groups excluding carboxylic acids is 1. The Hall–Kier alpha value is -1.40. The van der Waals surface area contributed by atoms with Gasteiger partial charge in [0.1, 0.15) is 0 Å². The second-order valence-electron chi connectivity index (χ2n) is 9.34. The van der Waals surface area contributed by atoms with Crippen LogP contribution in [0.25, 0.3) is 0 Å². The van der Waals surface area contributed by atoms with Gasteiger partial charge < -0.3 is 4.90 Å². The van der Waals surface area contributed by atoms with Gasteiger partial charge in [0.2, 0.25) is 15.9 Å². The van der Waals surface area contributed by atoms with Crippen molar-refractivity contribution in [3.63, 3.8) is 0 Å². The van der Waals surface area contributed by atoms with Crippen molar-refractivity contribution in [3.8, 4) is 0 Å². The van der Waals surface area contributed by atoms with Gasteiger partial charge in [-0.05, 0) is 68.2 Å². The number of benzene rings is 1. The summed E-state index contributed by atoms with van der Waals surface area (Å²) in [7, 11) is -3.54. The third-order valence-electron chi connectivity index (χ3n) is 6.38. The van der Waals surface area contributed by atoms with Crippen LogP contribution >= 0.6 is 0 Å². The van der Waals surface area contributed by atoms with Crippen LogP contribution in [0.5, 0.6) is 0 Å². The van der Waals surface area contributed by atoms with Crippen molar-refractivity contribution >= 4 is 21.6 Å². The number of carbonyl (C=O) groups is 1. The maximum absolute atomic E-state index is 12.9. The van der Waals surface area contributed by atoms with Crippen LogP contribution in [0.1, 0.15) is 64.9 Å². The molecular weight excluding hydrogens is 360 g/mol. The van der Waals surface area contributed by atoms with Gasteiger partial charge in [0, 0.05) is 29.6 Å². The molecule has 1 aliphatic heterocycles. The lowest BCUT2D eigenvalue weighted by Crippen LogP contribution is -2.37. The molecule has 3 aliphatic rings. The number of fused-ring (bicyclic) bond motifs is 1. The Balaban J connectivity index is 1.59. The minimum atomic E-state index is -3.54. The van der Waals surface area contributed by atoms with E-state index in [-0.39, 0.29) is 23.3 Å². The molecule has 1 aromatic rings. The van der Waals surface area contributed by atoms with Crippen LogP contribution < -0.4 is 9.62 Å². The Morgan fingerprint density at radius 3 is 2.41 bits per heavy atom. The minimum Gasteiger partial charge on any atom is -0.311 e. The molecule has 4 rings (SSSR count). The molecular formula is C21H30N2O3S. The maximum Gasteiger partial charge on any atom is 0.240 e. The average molecular weight is 391 g/mol. The summed E-state index contributed by atoms with van der Waals surface area (Å²) in [5.74, 6) is 1.03. The summed E-state index contributed by atoms with van der Waals surface area (Å²) in [6.45, 7) is 7.01. The lowest BCUT2D eigenvalue weighted by molar-refractivity contribution is -0.119. The van der Waals surface area contributed by atoms with Crippen LogP contribution in [0.15, 0.2) is 23.1 Å². The Labute approximate surface area is 162 Å². The summed E-state index contributed by atoms with van der Waals surface area (Å²) >= 11 is 0. The van der Waals surface area contributed by atoms with E-state index in [4.69, 9.17) is 0 Å². The summed E-state index contributed by atoms with van der Waals surface area (Å²) in [5, 5.41) is 0. The number of sulfonamides is 1. The van der Waals surface area contributed by atoms with Crippen molar-refractivity contribution in [1.29, 1.82) is 0 Å². The first kappa shape index (κ1) is 18.9. The smallest absolute Gasteiger partial charge is 0.240 e. The molecule has 0 spiro atoms. The van der Waals surface area contributed by atoms with Gasteiger partial charge in [-0.2, -0.15) is 0 Å². The molecule has 5 nitrogen and oxygen atoms in total. The van der Waals surface area contributed by atoms with Crippen LogP contribution in [0.4, 0.5) is 5.69 Å². The summed E-state index contributed by atoms with van der Waals surface area (Å²) in [6, 6.07) is 5.28. The predicted molar refractivity (Wildman–Crippen MR) is 106 cm³/mol. The number of hydrogen-bond acceptors (Lipinski definition) is 3. The molecule has 0 unspecified atom stereocenters. The van der Waals surface area contributed by atoms with E-state index in [9.17, 15) is 13.2 Å².